The lowest BCUT2D eigenvalue weighted by molar-refractivity contribution is 1.73. The molecule has 0 bridgehead atoms. The molecule has 0 heterocycles. The van der Waals surface area contributed by atoms with E-state index in [-0.39, 0.29) is 0 Å². The standard InChI is InChI=1S/2C16H12/c2*1-2-12-8-5-9-15-10-13-6-3-4-7-14(13)11-16(12)15/h2*2-11H,1H2. The Bertz CT molecular complexity index is 1480. The SMILES string of the molecule is C=Cc1cccc2cc3ccccc3cc12.C=Cc1cccc2cc3ccccc3cc12. The fourth-order valence-electron chi connectivity index (χ4n) is 4.34. The first kappa shape index (κ1) is 19.8. The number of hydrogen-bond acceptors (Lipinski definition) is 0. The van der Waals surface area contributed by atoms with Crippen LogP contribution in [0.1, 0.15) is 11.1 Å². The van der Waals surface area contributed by atoms with E-state index in [1.165, 1.54) is 54.2 Å². The van der Waals surface area contributed by atoms with Gasteiger partial charge in [-0.2, -0.15) is 0 Å². The molecule has 32 heavy (non-hydrogen) atoms. The van der Waals surface area contributed by atoms with Crippen LogP contribution >= 0.6 is 0 Å². The van der Waals surface area contributed by atoms with E-state index in [2.05, 4.69) is 122 Å². The van der Waals surface area contributed by atoms with E-state index in [0.29, 0.717) is 0 Å². The average Bonchev–Trinajstić information content (AvgIpc) is 2.85. The van der Waals surface area contributed by atoms with E-state index in [9.17, 15) is 0 Å². The molecule has 0 heteroatoms. The molecule has 0 aliphatic heterocycles. The van der Waals surface area contributed by atoms with Crippen LogP contribution in [0.2, 0.25) is 0 Å². The van der Waals surface area contributed by atoms with Crippen LogP contribution in [0.15, 0.2) is 122 Å². The van der Waals surface area contributed by atoms with Gasteiger partial charge in [-0.3, -0.25) is 0 Å². The second-order valence-corrected chi connectivity index (χ2v) is 7.94. The van der Waals surface area contributed by atoms with Gasteiger partial charge in [-0.15, -0.1) is 0 Å². The maximum Gasteiger partial charge on any atom is -0.0105 e. The van der Waals surface area contributed by atoms with Crippen molar-refractivity contribution in [1.29, 1.82) is 0 Å². The molecule has 0 aromatic heterocycles. The molecule has 0 aliphatic carbocycles. The quantitative estimate of drug-likeness (QED) is 0.250. The zero-order valence-electron chi connectivity index (χ0n) is 18.0. The van der Waals surface area contributed by atoms with Gasteiger partial charge in [-0.25, -0.2) is 0 Å². The van der Waals surface area contributed by atoms with Crippen LogP contribution in [0, 0.1) is 0 Å². The number of fused-ring (bicyclic) bond motifs is 4. The molecule has 6 rings (SSSR count). The zero-order chi connectivity index (χ0) is 21.9. The van der Waals surface area contributed by atoms with Crippen molar-refractivity contribution in [1.82, 2.24) is 0 Å². The molecule has 6 aromatic rings. The Morgan fingerprint density at radius 1 is 0.375 bits per heavy atom. The fourth-order valence-corrected chi connectivity index (χ4v) is 4.34. The van der Waals surface area contributed by atoms with Crippen molar-refractivity contribution in [2.45, 2.75) is 0 Å². The lowest BCUT2D eigenvalue weighted by Gasteiger charge is -2.04. The minimum absolute atomic E-state index is 1.20. The summed E-state index contributed by atoms with van der Waals surface area (Å²) < 4.78 is 0. The summed E-state index contributed by atoms with van der Waals surface area (Å²) in [5, 5.41) is 10.2. The third-order valence-corrected chi connectivity index (χ3v) is 6.00. The van der Waals surface area contributed by atoms with E-state index in [1.807, 2.05) is 12.2 Å². The van der Waals surface area contributed by atoms with Crippen LogP contribution in [0.25, 0.3) is 55.2 Å². The summed E-state index contributed by atoms with van der Waals surface area (Å²) in [6, 6.07) is 38.5. The highest BCUT2D eigenvalue weighted by molar-refractivity contribution is 6.02. The summed E-state index contributed by atoms with van der Waals surface area (Å²) in [4.78, 5) is 0. The molecule has 0 fully saturated rings. The molecule has 0 saturated carbocycles. The average molecular weight is 409 g/mol. The Balaban J connectivity index is 0.000000135. The Morgan fingerprint density at radius 3 is 1.09 bits per heavy atom. The van der Waals surface area contributed by atoms with Gasteiger partial charge < -0.3 is 0 Å². The van der Waals surface area contributed by atoms with Crippen LogP contribution < -0.4 is 0 Å². The molecular weight excluding hydrogens is 384 g/mol. The predicted octanol–water partition coefficient (Wildman–Crippen LogP) is 9.27. The molecule has 0 atom stereocenters. The summed E-state index contributed by atoms with van der Waals surface area (Å²) in [5.74, 6) is 0. The number of benzene rings is 6. The van der Waals surface area contributed by atoms with Gasteiger partial charge in [-0.05, 0) is 78.5 Å². The van der Waals surface area contributed by atoms with E-state index in [4.69, 9.17) is 0 Å². The highest BCUT2D eigenvalue weighted by Gasteiger charge is 2.01. The lowest BCUT2D eigenvalue weighted by Crippen LogP contribution is -1.79. The Hall–Kier alpha value is -4.16. The first-order valence-electron chi connectivity index (χ1n) is 10.8. The summed E-state index contributed by atoms with van der Waals surface area (Å²) >= 11 is 0. The third kappa shape index (κ3) is 3.68. The van der Waals surface area contributed by atoms with Crippen LogP contribution in [0.5, 0.6) is 0 Å². The molecule has 0 amide bonds. The van der Waals surface area contributed by atoms with Crippen molar-refractivity contribution in [3.63, 3.8) is 0 Å². The Kier molecular flexibility index (Phi) is 5.27. The molecule has 0 N–H and O–H groups in total. The summed E-state index contributed by atoms with van der Waals surface area (Å²) in [6.07, 6.45) is 3.83. The summed E-state index contributed by atoms with van der Waals surface area (Å²) in [5.41, 5.74) is 2.39. The predicted molar refractivity (Wildman–Crippen MR) is 143 cm³/mol. The van der Waals surface area contributed by atoms with Crippen molar-refractivity contribution in [2.75, 3.05) is 0 Å². The molecule has 0 saturated heterocycles. The van der Waals surface area contributed by atoms with E-state index in [1.54, 1.807) is 0 Å². The topological polar surface area (TPSA) is 0 Å². The van der Waals surface area contributed by atoms with Crippen LogP contribution in [0.4, 0.5) is 0 Å². The van der Waals surface area contributed by atoms with Crippen molar-refractivity contribution >= 4 is 55.2 Å². The maximum atomic E-state index is 3.86. The highest BCUT2D eigenvalue weighted by Crippen LogP contribution is 2.27. The first-order chi connectivity index (χ1) is 15.8. The molecule has 0 aliphatic rings. The van der Waals surface area contributed by atoms with Crippen LogP contribution in [-0.2, 0) is 0 Å². The smallest absolute Gasteiger partial charge is 0.0105 e. The van der Waals surface area contributed by atoms with Gasteiger partial charge in [0.05, 0.1) is 0 Å². The van der Waals surface area contributed by atoms with Crippen molar-refractivity contribution in [2.24, 2.45) is 0 Å². The molecule has 0 unspecified atom stereocenters. The Labute approximate surface area is 188 Å². The largest absolute Gasteiger partial charge is 0.0984 e. The first-order valence-corrected chi connectivity index (χ1v) is 10.8. The monoisotopic (exact) mass is 408 g/mol. The zero-order valence-corrected chi connectivity index (χ0v) is 18.0. The second-order valence-electron chi connectivity index (χ2n) is 7.94. The normalized spacial score (nSPS) is 10.8. The number of rotatable bonds is 2. The third-order valence-electron chi connectivity index (χ3n) is 6.00. The van der Waals surface area contributed by atoms with Gasteiger partial charge in [0, 0.05) is 0 Å². The number of hydrogen-bond donors (Lipinski definition) is 0. The van der Waals surface area contributed by atoms with Crippen molar-refractivity contribution in [3.05, 3.63) is 133 Å². The fraction of sp³-hybridized carbons (Fsp3) is 0. The van der Waals surface area contributed by atoms with Gasteiger partial charge in [0.1, 0.15) is 0 Å². The van der Waals surface area contributed by atoms with Gasteiger partial charge in [0.15, 0.2) is 0 Å². The maximum absolute atomic E-state index is 3.86. The minimum Gasteiger partial charge on any atom is -0.0984 e. The van der Waals surface area contributed by atoms with Crippen LogP contribution in [0.3, 0.4) is 0 Å². The van der Waals surface area contributed by atoms with Gasteiger partial charge in [-0.1, -0.05) is 110 Å². The van der Waals surface area contributed by atoms with E-state index >= 15 is 0 Å². The molecule has 0 nitrogen and oxygen atoms in total. The lowest BCUT2D eigenvalue weighted by atomic mass is 10.00. The summed E-state index contributed by atoms with van der Waals surface area (Å²) in [6.45, 7) is 7.72. The van der Waals surface area contributed by atoms with Gasteiger partial charge in [0.25, 0.3) is 0 Å². The van der Waals surface area contributed by atoms with Gasteiger partial charge >= 0.3 is 0 Å². The van der Waals surface area contributed by atoms with Gasteiger partial charge in [0.2, 0.25) is 0 Å². The molecule has 0 spiro atoms. The summed E-state index contributed by atoms with van der Waals surface area (Å²) in [7, 11) is 0. The van der Waals surface area contributed by atoms with E-state index in [0.717, 1.165) is 0 Å². The molecule has 0 radical (unpaired) electrons. The molecule has 6 aromatic carbocycles. The van der Waals surface area contributed by atoms with Crippen LogP contribution in [-0.4, -0.2) is 0 Å². The van der Waals surface area contributed by atoms with Crippen molar-refractivity contribution < 1.29 is 0 Å². The molecule has 152 valence electrons. The minimum atomic E-state index is 1.20. The Morgan fingerprint density at radius 2 is 0.719 bits per heavy atom. The highest BCUT2D eigenvalue weighted by atomic mass is 14.1. The molecular formula is C32H24. The van der Waals surface area contributed by atoms with E-state index < -0.39 is 0 Å². The second kappa shape index (κ2) is 8.53. The van der Waals surface area contributed by atoms with Crippen molar-refractivity contribution in [3.8, 4) is 0 Å².